The number of nitrogen functional groups attached to an aromatic ring is 1. The van der Waals surface area contributed by atoms with Gasteiger partial charge >= 0.3 is 0 Å². The highest BCUT2D eigenvalue weighted by Gasteiger charge is 2.24. The van der Waals surface area contributed by atoms with E-state index in [-0.39, 0.29) is 18.6 Å². The summed E-state index contributed by atoms with van der Waals surface area (Å²) in [6.07, 6.45) is 0.908. The van der Waals surface area contributed by atoms with Crippen molar-refractivity contribution < 1.29 is 9.90 Å². The highest BCUT2D eigenvalue weighted by Crippen LogP contribution is 2.23. The third kappa shape index (κ3) is 3.51. The molecule has 1 aromatic heterocycles. The molecule has 7 nitrogen and oxygen atoms in total. The zero-order valence-corrected chi connectivity index (χ0v) is 11.6. The average molecular weight is 279 g/mol. The molecule has 110 valence electrons. The molecule has 1 aromatic rings. The van der Waals surface area contributed by atoms with Crippen LogP contribution in [-0.2, 0) is 4.79 Å². The molecule has 5 N–H and O–H groups in total. The Kier molecular flexibility index (Phi) is 4.62. The smallest absolute Gasteiger partial charge is 0.217 e. The minimum Gasteiger partial charge on any atom is -0.396 e. The fourth-order valence-corrected chi connectivity index (χ4v) is 2.33. The van der Waals surface area contributed by atoms with Crippen molar-refractivity contribution in [3.8, 4) is 0 Å². The molecular formula is C13H21N5O2. The molecule has 0 spiro atoms. The lowest BCUT2D eigenvalue weighted by molar-refractivity contribution is -0.119. The first-order chi connectivity index (χ1) is 9.60. The second-order valence-electron chi connectivity index (χ2n) is 4.89. The number of nitrogens with two attached hydrogens (primary N) is 1. The van der Waals surface area contributed by atoms with E-state index in [4.69, 9.17) is 10.8 Å². The number of amides is 1. The van der Waals surface area contributed by atoms with Gasteiger partial charge in [-0.05, 0) is 18.6 Å². The van der Waals surface area contributed by atoms with Crippen molar-refractivity contribution in [2.24, 2.45) is 0 Å². The molecule has 1 fully saturated rings. The van der Waals surface area contributed by atoms with E-state index in [0.717, 1.165) is 25.3 Å². The number of aliphatic hydroxyl groups is 1. The van der Waals surface area contributed by atoms with Crippen LogP contribution >= 0.6 is 0 Å². The van der Waals surface area contributed by atoms with E-state index in [0.29, 0.717) is 18.1 Å². The standard InChI is InChI=1S/C13H21N5O2/c1-9(20)16-10-4-6-18(8-10)12-3-2-11(14)13(17-12)15-5-7-19/h2-3,10,19H,4-8,14H2,1H3,(H,15,17)(H,16,20). The predicted molar refractivity (Wildman–Crippen MR) is 78.7 cm³/mol. The van der Waals surface area contributed by atoms with Gasteiger partial charge in [0.1, 0.15) is 5.82 Å². The first kappa shape index (κ1) is 14.4. The number of carbonyl (C=O) groups is 1. The fraction of sp³-hybridized carbons (Fsp3) is 0.538. The lowest BCUT2D eigenvalue weighted by atomic mass is 10.2. The van der Waals surface area contributed by atoms with Crippen LogP contribution in [0.3, 0.4) is 0 Å². The van der Waals surface area contributed by atoms with Crippen molar-refractivity contribution in [1.82, 2.24) is 10.3 Å². The third-order valence-corrected chi connectivity index (χ3v) is 3.24. The van der Waals surface area contributed by atoms with Crippen LogP contribution in [-0.4, -0.2) is 48.3 Å². The Morgan fingerprint density at radius 2 is 2.40 bits per heavy atom. The maximum Gasteiger partial charge on any atom is 0.217 e. The van der Waals surface area contributed by atoms with Crippen LogP contribution in [0.5, 0.6) is 0 Å². The van der Waals surface area contributed by atoms with Gasteiger partial charge in [0.15, 0.2) is 5.82 Å². The second-order valence-corrected chi connectivity index (χ2v) is 4.89. The van der Waals surface area contributed by atoms with E-state index in [1.807, 2.05) is 6.07 Å². The van der Waals surface area contributed by atoms with E-state index >= 15 is 0 Å². The number of hydrogen-bond donors (Lipinski definition) is 4. The molecule has 0 radical (unpaired) electrons. The Morgan fingerprint density at radius 1 is 1.60 bits per heavy atom. The third-order valence-electron chi connectivity index (χ3n) is 3.24. The number of nitrogens with one attached hydrogen (secondary N) is 2. The monoisotopic (exact) mass is 279 g/mol. The number of hydrogen-bond acceptors (Lipinski definition) is 6. The number of anilines is 3. The maximum atomic E-state index is 11.1. The summed E-state index contributed by atoms with van der Waals surface area (Å²) in [5.74, 6) is 1.40. The molecule has 2 rings (SSSR count). The lowest BCUT2D eigenvalue weighted by Gasteiger charge is -2.19. The summed E-state index contributed by atoms with van der Waals surface area (Å²) in [5, 5.41) is 14.7. The number of pyridine rings is 1. The molecule has 1 saturated heterocycles. The second kappa shape index (κ2) is 6.42. The molecule has 1 aliphatic heterocycles. The Bertz CT molecular complexity index is 480. The maximum absolute atomic E-state index is 11.1. The highest BCUT2D eigenvalue weighted by atomic mass is 16.3. The molecule has 0 saturated carbocycles. The van der Waals surface area contributed by atoms with Crippen molar-refractivity contribution in [3.63, 3.8) is 0 Å². The summed E-state index contributed by atoms with van der Waals surface area (Å²) < 4.78 is 0. The predicted octanol–water partition coefficient (Wildman–Crippen LogP) is -0.217. The number of aliphatic hydroxyl groups excluding tert-OH is 1. The summed E-state index contributed by atoms with van der Waals surface area (Å²) in [4.78, 5) is 17.7. The van der Waals surface area contributed by atoms with Crippen LogP contribution < -0.4 is 21.3 Å². The zero-order chi connectivity index (χ0) is 14.5. The highest BCUT2D eigenvalue weighted by molar-refractivity contribution is 5.73. The van der Waals surface area contributed by atoms with Gasteiger partial charge in [0, 0.05) is 32.6 Å². The molecule has 1 atom stereocenters. The fourth-order valence-electron chi connectivity index (χ4n) is 2.33. The summed E-state index contributed by atoms with van der Waals surface area (Å²) in [5.41, 5.74) is 6.40. The van der Waals surface area contributed by atoms with Crippen molar-refractivity contribution >= 4 is 23.2 Å². The van der Waals surface area contributed by atoms with E-state index in [1.54, 1.807) is 6.07 Å². The van der Waals surface area contributed by atoms with E-state index in [9.17, 15) is 4.79 Å². The van der Waals surface area contributed by atoms with Gasteiger partial charge in [-0.1, -0.05) is 0 Å². The van der Waals surface area contributed by atoms with Gasteiger partial charge in [-0.3, -0.25) is 4.79 Å². The average Bonchev–Trinajstić information content (AvgIpc) is 2.85. The zero-order valence-electron chi connectivity index (χ0n) is 11.6. The van der Waals surface area contributed by atoms with Gasteiger partial charge in [-0.2, -0.15) is 0 Å². The summed E-state index contributed by atoms with van der Waals surface area (Å²) >= 11 is 0. The van der Waals surface area contributed by atoms with Crippen molar-refractivity contribution in [2.45, 2.75) is 19.4 Å². The minimum absolute atomic E-state index is 0.00702. The first-order valence-electron chi connectivity index (χ1n) is 6.73. The van der Waals surface area contributed by atoms with Gasteiger partial charge < -0.3 is 26.4 Å². The Labute approximate surface area is 118 Å². The summed E-state index contributed by atoms with van der Waals surface area (Å²) in [6.45, 7) is 3.56. The summed E-state index contributed by atoms with van der Waals surface area (Å²) in [7, 11) is 0. The van der Waals surface area contributed by atoms with Gasteiger partial charge in [0.05, 0.1) is 12.3 Å². The van der Waals surface area contributed by atoms with Gasteiger partial charge in [-0.15, -0.1) is 0 Å². The van der Waals surface area contributed by atoms with Crippen molar-refractivity contribution in [1.29, 1.82) is 0 Å². The van der Waals surface area contributed by atoms with Crippen LogP contribution in [0.25, 0.3) is 0 Å². The van der Waals surface area contributed by atoms with E-state index in [2.05, 4.69) is 20.5 Å². The molecule has 1 unspecified atom stereocenters. The molecule has 20 heavy (non-hydrogen) atoms. The molecule has 0 aliphatic carbocycles. The molecule has 0 bridgehead atoms. The molecule has 7 heteroatoms. The lowest BCUT2D eigenvalue weighted by Crippen LogP contribution is -2.35. The van der Waals surface area contributed by atoms with E-state index < -0.39 is 0 Å². The Hall–Kier alpha value is -2.02. The Morgan fingerprint density at radius 3 is 3.10 bits per heavy atom. The van der Waals surface area contributed by atoms with Gasteiger partial charge in [0.25, 0.3) is 0 Å². The van der Waals surface area contributed by atoms with Crippen molar-refractivity contribution in [2.75, 3.05) is 42.2 Å². The van der Waals surface area contributed by atoms with Crippen LogP contribution in [0.4, 0.5) is 17.3 Å². The first-order valence-corrected chi connectivity index (χ1v) is 6.73. The number of nitrogens with zero attached hydrogens (tertiary/aromatic N) is 2. The molecule has 1 aliphatic rings. The minimum atomic E-state index is -0.00702. The topological polar surface area (TPSA) is 104 Å². The van der Waals surface area contributed by atoms with E-state index in [1.165, 1.54) is 6.92 Å². The molecule has 1 amide bonds. The number of aromatic nitrogens is 1. The summed E-state index contributed by atoms with van der Waals surface area (Å²) in [6, 6.07) is 3.84. The van der Waals surface area contributed by atoms with Crippen LogP contribution in [0.2, 0.25) is 0 Å². The molecule has 0 aromatic carbocycles. The SMILES string of the molecule is CC(=O)NC1CCN(c2ccc(N)c(NCCO)n2)C1. The van der Waals surface area contributed by atoms with Gasteiger partial charge in [-0.25, -0.2) is 4.98 Å². The van der Waals surface area contributed by atoms with Crippen LogP contribution in [0, 0.1) is 0 Å². The van der Waals surface area contributed by atoms with Crippen LogP contribution in [0.15, 0.2) is 12.1 Å². The molecular weight excluding hydrogens is 258 g/mol. The number of rotatable bonds is 5. The van der Waals surface area contributed by atoms with Gasteiger partial charge in [0.2, 0.25) is 5.91 Å². The molecule has 2 heterocycles. The quantitative estimate of drug-likeness (QED) is 0.594. The van der Waals surface area contributed by atoms with Crippen LogP contribution in [0.1, 0.15) is 13.3 Å². The Balaban J connectivity index is 2.04. The van der Waals surface area contributed by atoms with Crippen molar-refractivity contribution in [3.05, 3.63) is 12.1 Å². The largest absolute Gasteiger partial charge is 0.396 e. The normalized spacial score (nSPS) is 18.1. The number of carbonyl (C=O) groups excluding carboxylic acids is 1.